The van der Waals surface area contributed by atoms with Crippen molar-refractivity contribution in [2.45, 2.75) is 17.9 Å². The van der Waals surface area contributed by atoms with Crippen LogP contribution in [0.5, 0.6) is 0 Å². The molecule has 0 bridgehead atoms. The lowest BCUT2D eigenvalue weighted by atomic mass is 10.2. The van der Waals surface area contributed by atoms with Crippen molar-refractivity contribution in [2.75, 3.05) is 13.1 Å². The molecule has 104 valence electrons. The predicted molar refractivity (Wildman–Crippen MR) is 76.9 cm³/mol. The molecule has 0 aliphatic carbocycles. The number of benzene rings is 1. The zero-order chi connectivity index (χ0) is 14.0. The first kappa shape index (κ1) is 14.8. The highest BCUT2D eigenvalue weighted by atomic mass is 35.5. The Morgan fingerprint density at radius 2 is 1.95 bits per heavy atom. The summed E-state index contributed by atoms with van der Waals surface area (Å²) in [5, 5.41) is 0.502. The van der Waals surface area contributed by atoms with Crippen molar-refractivity contribution in [2.24, 2.45) is 5.73 Å². The molecule has 0 saturated heterocycles. The molecule has 1 aliphatic heterocycles. The average molecular weight is 321 g/mol. The second-order valence-corrected chi connectivity index (χ2v) is 6.92. The molecule has 19 heavy (non-hydrogen) atoms. The Morgan fingerprint density at radius 3 is 2.53 bits per heavy atom. The summed E-state index contributed by atoms with van der Waals surface area (Å²) in [5.41, 5.74) is 6.11. The van der Waals surface area contributed by atoms with Crippen LogP contribution in [0.25, 0.3) is 0 Å². The van der Waals surface area contributed by atoms with E-state index in [9.17, 15) is 8.42 Å². The van der Waals surface area contributed by atoms with Crippen molar-refractivity contribution in [1.82, 2.24) is 4.31 Å². The van der Waals surface area contributed by atoms with E-state index >= 15 is 0 Å². The quantitative estimate of drug-likeness (QED) is 0.870. The molecule has 2 N–H and O–H groups in total. The molecule has 0 aromatic heterocycles. The van der Waals surface area contributed by atoms with Crippen LogP contribution in [0.1, 0.15) is 12.0 Å². The lowest BCUT2D eigenvalue weighted by molar-refractivity contribution is 0.437. The van der Waals surface area contributed by atoms with Crippen LogP contribution in [0.4, 0.5) is 0 Å². The fraction of sp³-hybridized carbons (Fsp3) is 0.333. The summed E-state index contributed by atoms with van der Waals surface area (Å²) in [6, 6.07) is 2.89. The Hall–Kier alpha value is -0.590. The van der Waals surface area contributed by atoms with E-state index in [0.717, 1.165) is 0 Å². The first-order chi connectivity index (χ1) is 8.96. The largest absolute Gasteiger partial charge is 0.326 e. The molecular weight excluding hydrogens is 307 g/mol. The van der Waals surface area contributed by atoms with Crippen LogP contribution in [-0.2, 0) is 16.6 Å². The smallest absolute Gasteiger partial charge is 0.244 e. The van der Waals surface area contributed by atoms with Gasteiger partial charge >= 0.3 is 0 Å². The minimum Gasteiger partial charge on any atom is -0.326 e. The summed E-state index contributed by atoms with van der Waals surface area (Å²) in [7, 11) is -3.61. The Labute approximate surface area is 122 Å². The van der Waals surface area contributed by atoms with Gasteiger partial charge in [0.15, 0.2) is 0 Å². The number of nitrogens with zero attached hydrogens (tertiary/aromatic N) is 1. The van der Waals surface area contributed by atoms with Gasteiger partial charge in [-0.1, -0.05) is 35.4 Å². The van der Waals surface area contributed by atoms with Gasteiger partial charge in [0.1, 0.15) is 4.90 Å². The summed E-state index contributed by atoms with van der Waals surface area (Å²) in [5.74, 6) is 0. The number of halogens is 2. The Bertz CT molecular complexity index is 614. The molecule has 1 aliphatic rings. The number of hydrogen-bond acceptors (Lipinski definition) is 3. The topological polar surface area (TPSA) is 63.4 Å². The third kappa shape index (κ3) is 2.95. The van der Waals surface area contributed by atoms with Gasteiger partial charge < -0.3 is 5.73 Å². The van der Waals surface area contributed by atoms with Gasteiger partial charge in [0.05, 0.1) is 5.02 Å². The van der Waals surface area contributed by atoms with Crippen LogP contribution in [0, 0.1) is 0 Å². The van der Waals surface area contributed by atoms with Crippen LogP contribution >= 0.6 is 23.2 Å². The number of sulfonamides is 1. The van der Waals surface area contributed by atoms with Crippen LogP contribution in [-0.4, -0.2) is 25.8 Å². The number of nitrogens with two attached hydrogens (primary N) is 1. The van der Waals surface area contributed by atoms with Gasteiger partial charge in [0, 0.05) is 24.7 Å². The minimum atomic E-state index is -3.61. The molecular formula is C12H14Cl2N2O2S. The summed E-state index contributed by atoms with van der Waals surface area (Å²) >= 11 is 12.0. The Balaban J connectivity index is 2.48. The van der Waals surface area contributed by atoms with Crippen LogP contribution in [0.15, 0.2) is 29.2 Å². The van der Waals surface area contributed by atoms with Gasteiger partial charge in [-0.2, -0.15) is 4.31 Å². The van der Waals surface area contributed by atoms with Gasteiger partial charge in [0.25, 0.3) is 0 Å². The van der Waals surface area contributed by atoms with Gasteiger partial charge in [-0.25, -0.2) is 8.42 Å². The van der Waals surface area contributed by atoms with Gasteiger partial charge in [0.2, 0.25) is 10.0 Å². The highest BCUT2D eigenvalue weighted by Crippen LogP contribution is 2.31. The Morgan fingerprint density at radius 1 is 1.21 bits per heavy atom. The van der Waals surface area contributed by atoms with Gasteiger partial charge in [-0.3, -0.25) is 0 Å². The Kier molecular flexibility index (Phi) is 4.53. The minimum absolute atomic E-state index is 0.0642. The van der Waals surface area contributed by atoms with E-state index in [4.69, 9.17) is 28.9 Å². The van der Waals surface area contributed by atoms with Gasteiger partial charge in [-0.15, -0.1) is 0 Å². The molecule has 0 unspecified atom stereocenters. The molecule has 0 fully saturated rings. The molecule has 0 atom stereocenters. The van der Waals surface area contributed by atoms with Crippen LogP contribution < -0.4 is 5.73 Å². The molecule has 1 heterocycles. The summed E-state index contributed by atoms with van der Waals surface area (Å²) in [6.07, 6.45) is 4.49. The maximum atomic E-state index is 12.5. The summed E-state index contributed by atoms with van der Waals surface area (Å²) < 4.78 is 26.4. The van der Waals surface area contributed by atoms with Crippen LogP contribution in [0.3, 0.4) is 0 Å². The monoisotopic (exact) mass is 320 g/mol. The van der Waals surface area contributed by atoms with Crippen molar-refractivity contribution in [1.29, 1.82) is 0 Å². The zero-order valence-electron chi connectivity index (χ0n) is 10.1. The van der Waals surface area contributed by atoms with Crippen LogP contribution in [0.2, 0.25) is 10.0 Å². The molecule has 0 amide bonds. The van der Waals surface area contributed by atoms with Crippen molar-refractivity contribution in [3.8, 4) is 0 Å². The third-order valence-electron chi connectivity index (χ3n) is 2.96. The van der Waals surface area contributed by atoms with E-state index < -0.39 is 10.0 Å². The van der Waals surface area contributed by atoms with E-state index in [2.05, 4.69) is 0 Å². The van der Waals surface area contributed by atoms with E-state index in [1.807, 2.05) is 12.2 Å². The second kappa shape index (κ2) is 5.81. The van der Waals surface area contributed by atoms with E-state index in [1.165, 1.54) is 16.4 Å². The second-order valence-electron chi connectivity index (χ2n) is 4.20. The normalized spacial score (nSPS) is 16.8. The molecule has 1 aromatic carbocycles. The molecule has 7 heteroatoms. The molecule has 0 radical (unpaired) electrons. The first-order valence-corrected chi connectivity index (χ1v) is 7.99. The fourth-order valence-electron chi connectivity index (χ4n) is 1.90. The highest BCUT2D eigenvalue weighted by molar-refractivity contribution is 7.89. The van der Waals surface area contributed by atoms with Gasteiger partial charge in [-0.05, 0) is 24.1 Å². The molecule has 4 nitrogen and oxygen atoms in total. The maximum absolute atomic E-state index is 12.5. The highest BCUT2D eigenvalue weighted by Gasteiger charge is 2.27. The van der Waals surface area contributed by atoms with E-state index in [1.54, 1.807) is 0 Å². The SMILES string of the molecule is NCc1cc(S(=O)(=O)N2CC=CCC2)c(Cl)cc1Cl. The number of rotatable bonds is 3. The lowest BCUT2D eigenvalue weighted by Gasteiger charge is -2.23. The third-order valence-corrected chi connectivity index (χ3v) is 5.64. The molecule has 0 saturated carbocycles. The average Bonchev–Trinajstić information content (AvgIpc) is 2.39. The lowest BCUT2D eigenvalue weighted by Crippen LogP contribution is -2.34. The fourth-order valence-corrected chi connectivity index (χ4v) is 4.16. The van der Waals surface area contributed by atoms with Crippen molar-refractivity contribution >= 4 is 33.2 Å². The molecule has 2 rings (SSSR count). The van der Waals surface area contributed by atoms with E-state index in [-0.39, 0.29) is 16.5 Å². The number of hydrogen-bond donors (Lipinski definition) is 1. The predicted octanol–water partition coefficient (Wildman–Crippen LogP) is 2.40. The summed E-state index contributed by atoms with van der Waals surface area (Å²) in [4.78, 5) is 0.0642. The maximum Gasteiger partial charge on any atom is 0.244 e. The van der Waals surface area contributed by atoms with Crippen molar-refractivity contribution < 1.29 is 8.42 Å². The zero-order valence-corrected chi connectivity index (χ0v) is 12.5. The molecule has 0 spiro atoms. The molecule has 1 aromatic rings. The first-order valence-electron chi connectivity index (χ1n) is 5.80. The van der Waals surface area contributed by atoms with Crippen molar-refractivity contribution in [3.63, 3.8) is 0 Å². The van der Waals surface area contributed by atoms with E-state index in [0.29, 0.717) is 30.1 Å². The van der Waals surface area contributed by atoms with Crippen molar-refractivity contribution in [3.05, 3.63) is 39.9 Å². The summed E-state index contributed by atoms with van der Waals surface area (Å²) in [6.45, 7) is 0.980. The standard InChI is InChI=1S/C12H14Cl2N2O2S/c13-10-7-11(14)12(6-9(10)8-15)19(17,18)16-4-2-1-3-5-16/h1-2,6-7H,3-5,8,15H2.